The zero-order chi connectivity index (χ0) is 12.4. The molecule has 2 aromatic rings. The van der Waals surface area contributed by atoms with Crippen LogP contribution in [0.2, 0.25) is 5.15 Å². The zero-order valence-corrected chi connectivity index (χ0v) is 11.0. The van der Waals surface area contributed by atoms with Gasteiger partial charge in [0.2, 0.25) is 0 Å². The van der Waals surface area contributed by atoms with Crippen LogP contribution >= 0.6 is 11.6 Å². The third kappa shape index (κ3) is 2.34. The summed E-state index contributed by atoms with van der Waals surface area (Å²) in [5.74, 6) is 1.48. The summed E-state index contributed by atoms with van der Waals surface area (Å²) in [7, 11) is 0. The largest absolute Gasteiger partial charge is 0.354 e. The van der Waals surface area contributed by atoms with E-state index in [0.29, 0.717) is 17.0 Å². The molecule has 5 nitrogen and oxygen atoms in total. The van der Waals surface area contributed by atoms with E-state index in [1.165, 1.54) is 6.33 Å². The van der Waals surface area contributed by atoms with Gasteiger partial charge >= 0.3 is 0 Å². The van der Waals surface area contributed by atoms with E-state index in [-0.39, 0.29) is 0 Å². The van der Waals surface area contributed by atoms with Crippen molar-refractivity contribution in [1.82, 2.24) is 19.6 Å². The molecule has 0 atom stereocenters. The number of fused-ring (bicyclic) bond motifs is 1. The molecule has 2 rings (SSSR count). The first-order chi connectivity index (χ1) is 8.13. The van der Waals surface area contributed by atoms with Crippen molar-refractivity contribution in [2.75, 3.05) is 11.4 Å². The average Bonchev–Trinajstić information content (AvgIpc) is 2.72. The van der Waals surface area contributed by atoms with Crippen molar-refractivity contribution < 1.29 is 0 Å². The van der Waals surface area contributed by atoms with Gasteiger partial charge < -0.3 is 4.90 Å². The topological polar surface area (TPSA) is 46.3 Å². The van der Waals surface area contributed by atoms with Crippen molar-refractivity contribution in [3.05, 3.63) is 17.5 Å². The second kappa shape index (κ2) is 4.87. The maximum absolute atomic E-state index is 6.01. The molecule has 0 aliphatic heterocycles. The quantitative estimate of drug-likeness (QED) is 0.785. The summed E-state index contributed by atoms with van der Waals surface area (Å²) < 4.78 is 1.72. The van der Waals surface area contributed by atoms with Crippen LogP contribution in [-0.4, -0.2) is 32.2 Å². The van der Waals surface area contributed by atoms with Crippen LogP contribution in [0.25, 0.3) is 5.78 Å². The van der Waals surface area contributed by atoms with Gasteiger partial charge in [0.25, 0.3) is 5.78 Å². The highest BCUT2D eigenvalue weighted by Crippen LogP contribution is 2.21. The Morgan fingerprint density at radius 2 is 2.24 bits per heavy atom. The Morgan fingerprint density at radius 3 is 2.88 bits per heavy atom. The lowest BCUT2D eigenvalue weighted by atomic mass is 10.3. The smallest absolute Gasteiger partial charge is 0.255 e. The van der Waals surface area contributed by atoms with Gasteiger partial charge in [-0.15, -0.1) is 0 Å². The summed E-state index contributed by atoms with van der Waals surface area (Å²) in [6.45, 7) is 7.39. The number of halogens is 1. The molecule has 0 aliphatic rings. The van der Waals surface area contributed by atoms with E-state index in [4.69, 9.17) is 11.6 Å². The molecule has 0 amide bonds. The van der Waals surface area contributed by atoms with Crippen LogP contribution in [0, 0.1) is 0 Å². The summed E-state index contributed by atoms with van der Waals surface area (Å²) in [6.07, 6.45) is 2.56. The third-order valence-corrected chi connectivity index (χ3v) is 2.78. The van der Waals surface area contributed by atoms with Crippen LogP contribution < -0.4 is 4.90 Å². The summed E-state index contributed by atoms with van der Waals surface area (Å²) >= 11 is 6.01. The van der Waals surface area contributed by atoms with E-state index < -0.39 is 0 Å². The van der Waals surface area contributed by atoms with Crippen molar-refractivity contribution in [2.24, 2.45) is 0 Å². The van der Waals surface area contributed by atoms with Crippen LogP contribution in [0.1, 0.15) is 27.2 Å². The van der Waals surface area contributed by atoms with Gasteiger partial charge in [-0.05, 0) is 20.3 Å². The number of nitrogens with zero attached hydrogens (tertiary/aromatic N) is 5. The van der Waals surface area contributed by atoms with Gasteiger partial charge in [0.1, 0.15) is 17.3 Å². The summed E-state index contributed by atoms with van der Waals surface area (Å²) in [5.41, 5.74) is 0. The molecule has 0 aromatic carbocycles. The molecule has 0 saturated carbocycles. The normalized spacial score (nSPS) is 11.4. The van der Waals surface area contributed by atoms with Crippen LogP contribution in [0.15, 0.2) is 12.4 Å². The number of aromatic nitrogens is 4. The van der Waals surface area contributed by atoms with E-state index in [2.05, 4.69) is 40.7 Å². The summed E-state index contributed by atoms with van der Waals surface area (Å²) in [4.78, 5) is 10.4. The van der Waals surface area contributed by atoms with E-state index in [1.54, 1.807) is 4.52 Å². The van der Waals surface area contributed by atoms with Gasteiger partial charge in [0.05, 0.1) is 0 Å². The lowest BCUT2D eigenvalue weighted by molar-refractivity contribution is 0.649. The van der Waals surface area contributed by atoms with Crippen molar-refractivity contribution in [3.8, 4) is 0 Å². The predicted molar refractivity (Wildman–Crippen MR) is 68.6 cm³/mol. The maximum atomic E-state index is 6.01. The molecule has 0 unspecified atom stereocenters. The van der Waals surface area contributed by atoms with E-state index >= 15 is 0 Å². The third-order valence-electron chi connectivity index (χ3n) is 2.58. The minimum absolute atomic E-state index is 0.376. The molecular formula is C11H16ClN5. The molecule has 0 saturated heterocycles. The minimum atomic E-state index is 0.376. The summed E-state index contributed by atoms with van der Waals surface area (Å²) in [5, 5.41) is 4.63. The fourth-order valence-corrected chi connectivity index (χ4v) is 2.02. The van der Waals surface area contributed by atoms with Crippen molar-refractivity contribution in [3.63, 3.8) is 0 Å². The van der Waals surface area contributed by atoms with Gasteiger partial charge in [-0.25, -0.2) is 0 Å². The van der Waals surface area contributed by atoms with Gasteiger partial charge in [0, 0.05) is 18.7 Å². The van der Waals surface area contributed by atoms with Gasteiger partial charge in [-0.1, -0.05) is 18.5 Å². The molecule has 0 spiro atoms. The monoisotopic (exact) mass is 253 g/mol. The Bertz CT molecular complexity index is 508. The summed E-state index contributed by atoms with van der Waals surface area (Å²) in [6, 6.07) is 2.21. The molecule has 92 valence electrons. The molecule has 17 heavy (non-hydrogen) atoms. The first kappa shape index (κ1) is 12.1. The number of rotatable bonds is 4. The Balaban J connectivity index is 2.54. The first-order valence-electron chi connectivity index (χ1n) is 5.76. The fraction of sp³-hybridized carbons (Fsp3) is 0.545. The van der Waals surface area contributed by atoms with Crippen molar-refractivity contribution >= 4 is 23.2 Å². The van der Waals surface area contributed by atoms with Crippen LogP contribution in [0.3, 0.4) is 0 Å². The molecule has 6 heteroatoms. The maximum Gasteiger partial charge on any atom is 0.255 e. The van der Waals surface area contributed by atoms with E-state index in [0.717, 1.165) is 18.8 Å². The SMILES string of the molecule is CCCN(c1cc(Cl)nc2ncnn12)C(C)C. The lowest BCUT2D eigenvalue weighted by Crippen LogP contribution is -2.33. The Morgan fingerprint density at radius 1 is 1.47 bits per heavy atom. The molecule has 0 radical (unpaired) electrons. The highest BCUT2D eigenvalue weighted by molar-refractivity contribution is 6.29. The zero-order valence-electron chi connectivity index (χ0n) is 10.3. The van der Waals surface area contributed by atoms with Gasteiger partial charge in [-0.3, -0.25) is 0 Å². The second-order valence-electron chi connectivity index (χ2n) is 4.20. The number of anilines is 1. The number of hydrogen-bond donors (Lipinski definition) is 0. The molecule has 0 bridgehead atoms. The molecule has 0 fully saturated rings. The van der Waals surface area contributed by atoms with E-state index in [9.17, 15) is 0 Å². The molecule has 2 aromatic heterocycles. The predicted octanol–water partition coefficient (Wildman–Crippen LogP) is 2.40. The fourth-order valence-electron chi connectivity index (χ4n) is 1.85. The molecule has 2 heterocycles. The van der Waals surface area contributed by atoms with Crippen molar-refractivity contribution in [2.45, 2.75) is 33.2 Å². The second-order valence-corrected chi connectivity index (χ2v) is 4.58. The van der Waals surface area contributed by atoms with Crippen molar-refractivity contribution in [1.29, 1.82) is 0 Å². The lowest BCUT2D eigenvalue weighted by Gasteiger charge is -2.28. The highest BCUT2D eigenvalue weighted by Gasteiger charge is 2.15. The van der Waals surface area contributed by atoms with Crippen LogP contribution in [-0.2, 0) is 0 Å². The Kier molecular flexibility index (Phi) is 3.47. The molecule has 0 N–H and O–H groups in total. The molecular weight excluding hydrogens is 238 g/mol. The first-order valence-corrected chi connectivity index (χ1v) is 6.14. The Labute approximate surface area is 105 Å². The standard InChI is InChI=1S/C11H16ClN5/c1-4-5-16(8(2)3)10-6-9(12)15-11-13-7-14-17(10)11/h6-8H,4-5H2,1-3H3. The van der Waals surface area contributed by atoms with E-state index in [1.807, 2.05) is 6.07 Å². The van der Waals surface area contributed by atoms with Crippen LogP contribution in [0.5, 0.6) is 0 Å². The van der Waals surface area contributed by atoms with Gasteiger partial charge in [-0.2, -0.15) is 19.6 Å². The number of hydrogen-bond acceptors (Lipinski definition) is 4. The van der Waals surface area contributed by atoms with Gasteiger partial charge in [0.15, 0.2) is 0 Å². The highest BCUT2D eigenvalue weighted by atomic mass is 35.5. The Hall–Kier alpha value is -1.36. The average molecular weight is 254 g/mol. The minimum Gasteiger partial charge on any atom is -0.354 e. The molecule has 0 aliphatic carbocycles. The van der Waals surface area contributed by atoms with Crippen LogP contribution in [0.4, 0.5) is 5.82 Å².